The molecule has 0 atom stereocenters. The number of carbonyl (C=O) groups is 1. The van der Waals surface area contributed by atoms with Gasteiger partial charge in [0.2, 0.25) is 0 Å². The lowest BCUT2D eigenvalue weighted by Gasteiger charge is -1.99. The van der Waals surface area contributed by atoms with E-state index in [1.165, 1.54) is 0 Å². The number of rotatable bonds is 5. The summed E-state index contributed by atoms with van der Waals surface area (Å²) in [6.45, 7) is 4.03. The van der Waals surface area contributed by atoms with E-state index in [1.54, 1.807) is 6.92 Å². The molecule has 0 bridgehead atoms. The molecule has 0 aromatic carbocycles. The summed E-state index contributed by atoms with van der Waals surface area (Å²) >= 11 is 0. The van der Waals surface area contributed by atoms with E-state index in [4.69, 9.17) is 5.11 Å². The topological polar surface area (TPSA) is 96.9 Å². The van der Waals surface area contributed by atoms with E-state index in [9.17, 15) is 9.90 Å². The molecule has 0 unspecified atom stereocenters. The zero-order valence-corrected chi connectivity index (χ0v) is 9.01. The number of aliphatic hydroxyl groups excluding tert-OH is 1. The van der Waals surface area contributed by atoms with Crippen molar-refractivity contribution in [2.45, 2.75) is 46.0 Å². The second-order valence-corrected chi connectivity index (χ2v) is 2.50. The van der Waals surface area contributed by atoms with Crippen molar-refractivity contribution in [3.63, 3.8) is 0 Å². The fourth-order valence-corrected chi connectivity index (χ4v) is 0.696. The van der Waals surface area contributed by atoms with Gasteiger partial charge in [0, 0.05) is 12.6 Å². The van der Waals surface area contributed by atoms with Crippen LogP contribution in [0.4, 0.5) is 0 Å². The van der Waals surface area contributed by atoms with Gasteiger partial charge in [-0.2, -0.15) is 0 Å². The van der Waals surface area contributed by atoms with Gasteiger partial charge >= 0.3 is 0 Å². The smallest absolute Gasteiger partial charge is 0.0414 e. The van der Waals surface area contributed by atoms with Gasteiger partial charge in [0.15, 0.2) is 0 Å². The third kappa shape index (κ3) is 34.6. The molecule has 13 heavy (non-hydrogen) atoms. The average molecular weight is 193 g/mol. The van der Waals surface area contributed by atoms with E-state index in [1.807, 2.05) is 0 Å². The lowest BCUT2D eigenvalue weighted by Crippen LogP contribution is -2.21. The summed E-state index contributed by atoms with van der Waals surface area (Å²) in [5, 5.41) is 17.4. The van der Waals surface area contributed by atoms with Crippen LogP contribution >= 0.6 is 0 Å². The molecule has 0 aromatic rings. The van der Waals surface area contributed by atoms with Crippen molar-refractivity contribution in [1.82, 2.24) is 6.15 Å². The molecule has 0 radical (unpaired) electrons. The zero-order chi connectivity index (χ0) is 9.82. The van der Waals surface area contributed by atoms with E-state index in [0.717, 1.165) is 25.7 Å². The van der Waals surface area contributed by atoms with Crippen LogP contribution in [0.25, 0.3) is 0 Å². The maximum atomic E-state index is 9.85. The molecule has 0 amide bonds. The first-order valence-electron chi connectivity index (χ1n) is 4.49. The van der Waals surface area contributed by atoms with Crippen LogP contribution in [-0.2, 0) is 4.79 Å². The maximum absolute atomic E-state index is 9.85. The Balaban J connectivity index is -0.000000220. The Labute approximate surface area is 80.6 Å². The van der Waals surface area contributed by atoms with Crippen LogP contribution in [0.3, 0.4) is 0 Å². The molecule has 0 spiro atoms. The second-order valence-electron chi connectivity index (χ2n) is 2.50. The molecule has 0 aliphatic carbocycles. The predicted octanol–water partition coefficient (Wildman–Crippen LogP) is 1.08. The summed E-state index contributed by atoms with van der Waals surface area (Å²) in [5.74, 6) is -0.925. The Morgan fingerprint density at radius 2 is 1.69 bits per heavy atom. The third-order valence-corrected chi connectivity index (χ3v) is 1.23. The molecule has 0 rings (SSSR count). The van der Waals surface area contributed by atoms with E-state index in [2.05, 4.69) is 6.92 Å². The minimum absolute atomic E-state index is 0. The molecular formula is C9H23NO3. The van der Waals surface area contributed by atoms with Crippen LogP contribution in [0.15, 0.2) is 0 Å². The summed E-state index contributed by atoms with van der Waals surface area (Å²) in [6, 6.07) is 0. The molecular weight excluding hydrogens is 170 g/mol. The van der Waals surface area contributed by atoms with Crippen LogP contribution in [0.1, 0.15) is 46.0 Å². The Hall–Kier alpha value is -0.610. The lowest BCUT2D eigenvalue weighted by atomic mass is 10.2. The van der Waals surface area contributed by atoms with Gasteiger partial charge in [0.05, 0.1) is 0 Å². The molecule has 0 aliphatic heterocycles. The third-order valence-electron chi connectivity index (χ3n) is 1.23. The van der Waals surface area contributed by atoms with E-state index in [0.29, 0.717) is 0 Å². The highest BCUT2D eigenvalue weighted by molar-refractivity contribution is 5.63. The first-order valence-corrected chi connectivity index (χ1v) is 4.49. The van der Waals surface area contributed by atoms with Crippen LogP contribution in [-0.4, -0.2) is 17.7 Å². The quantitative estimate of drug-likeness (QED) is 0.639. The number of unbranched alkanes of at least 4 members (excludes halogenated alkanes) is 3. The fourth-order valence-electron chi connectivity index (χ4n) is 0.696. The Kier molecular flexibility index (Phi) is 24.5. The molecule has 0 aliphatic rings. The fraction of sp³-hybridized carbons (Fsp3) is 0.889. The van der Waals surface area contributed by atoms with Crippen molar-refractivity contribution >= 4 is 5.97 Å². The van der Waals surface area contributed by atoms with Gasteiger partial charge in [-0.3, -0.25) is 0 Å². The summed E-state index contributed by atoms with van der Waals surface area (Å²) in [5.41, 5.74) is 0. The normalized spacial score (nSPS) is 7.92. The Morgan fingerprint density at radius 1 is 1.23 bits per heavy atom. The van der Waals surface area contributed by atoms with E-state index < -0.39 is 5.97 Å². The number of carboxylic acid groups (broad SMARTS) is 1. The number of carbonyl (C=O) groups excluding carboxylic acids is 1. The minimum atomic E-state index is -0.925. The molecule has 0 saturated carbocycles. The van der Waals surface area contributed by atoms with Gasteiger partial charge < -0.3 is 21.2 Å². The molecule has 5 N–H and O–H groups in total. The number of carboxylic acids is 1. The molecule has 0 aromatic heterocycles. The highest BCUT2D eigenvalue weighted by Gasteiger charge is 1.86. The largest absolute Gasteiger partial charge is 0.550 e. The van der Waals surface area contributed by atoms with Crippen molar-refractivity contribution < 1.29 is 15.0 Å². The van der Waals surface area contributed by atoms with E-state index >= 15 is 0 Å². The highest BCUT2D eigenvalue weighted by atomic mass is 16.4. The number of hydrogen-bond donors (Lipinski definition) is 2. The Bertz CT molecular complexity index is 96.9. The average Bonchev–Trinajstić information content (AvgIpc) is 1.99. The molecule has 0 saturated heterocycles. The molecule has 4 nitrogen and oxygen atoms in total. The number of aliphatic hydroxyl groups is 1. The molecule has 82 valence electrons. The van der Waals surface area contributed by atoms with Gasteiger partial charge in [-0.05, 0) is 19.8 Å². The van der Waals surface area contributed by atoms with Crippen LogP contribution < -0.4 is 11.3 Å². The second kappa shape index (κ2) is 17.5. The van der Waals surface area contributed by atoms with Crippen molar-refractivity contribution in [3.8, 4) is 0 Å². The van der Waals surface area contributed by atoms with Crippen molar-refractivity contribution in [2.75, 3.05) is 6.61 Å². The molecule has 0 fully saturated rings. The van der Waals surface area contributed by atoms with Crippen molar-refractivity contribution in [2.24, 2.45) is 0 Å². The van der Waals surface area contributed by atoms with Gasteiger partial charge in [0.25, 0.3) is 0 Å². The summed E-state index contributed by atoms with van der Waals surface area (Å²) < 4.78 is 0. The van der Waals surface area contributed by atoms with Gasteiger partial charge in [-0.1, -0.05) is 26.2 Å². The first kappa shape index (κ1) is 18.2. The summed E-state index contributed by atoms with van der Waals surface area (Å²) in [7, 11) is 0. The van der Waals surface area contributed by atoms with Crippen LogP contribution in [0.2, 0.25) is 0 Å². The van der Waals surface area contributed by atoms with E-state index in [-0.39, 0.29) is 19.2 Å². The minimum Gasteiger partial charge on any atom is -0.550 e. The monoisotopic (exact) mass is 193 g/mol. The number of hydrogen-bond acceptors (Lipinski definition) is 3. The standard InChI is InChI=1S/C7H14O2.C2H6O.H3N/c1-2-3-4-5-6-7(8)9;1-2-3;/h2-6H2,1H3,(H,8,9);3H,2H2,1H3;1H3. The van der Waals surface area contributed by atoms with Gasteiger partial charge in [0.1, 0.15) is 0 Å². The maximum Gasteiger partial charge on any atom is 0.0414 e. The van der Waals surface area contributed by atoms with Gasteiger partial charge in [-0.15, -0.1) is 0 Å². The predicted molar refractivity (Wildman–Crippen MR) is 52.5 cm³/mol. The highest BCUT2D eigenvalue weighted by Crippen LogP contribution is 2.00. The number of quaternary nitrogens is 1. The molecule has 0 heterocycles. The summed E-state index contributed by atoms with van der Waals surface area (Å²) in [6.07, 6.45) is 4.29. The van der Waals surface area contributed by atoms with Crippen molar-refractivity contribution in [3.05, 3.63) is 0 Å². The number of aliphatic carboxylic acids is 1. The lowest BCUT2D eigenvalue weighted by molar-refractivity contribution is -0.305. The molecule has 4 heteroatoms. The SMILES string of the molecule is CCCCCCC(=O)[O-].CCO.[NH4+]. The zero-order valence-electron chi connectivity index (χ0n) is 9.01. The van der Waals surface area contributed by atoms with Crippen molar-refractivity contribution in [1.29, 1.82) is 0 Å². The van der Waals surface area contributed by atoms with Gasteiger partial charge in [-0.25, -0.2) is 0 Å². The van der Waals surface area contributed by atoms with Crippen LogP contribution in [0, 0.1) is 0 Å². The first-order chi connectivity index (χ1) is 5.68. The summed E-state index contributed by atoms with van der Waals surface area (Å²) in [4.78, 5) is 9.85. The Morgan fingerprint density at radius 3 is 2.00 bits per heavy atom. The van der Waals surface area contributed by atoms with Crippen LogP contribution in [0.5, 0.6) is 0 Å².